The molecule has 1 rings (SSSR count). The van der Waals surface area contributed by atoms with Crippen molar-refractivity contribution in [2.45, 2.75) is 12.5 Å². The van der Waals surface area contributed by atoms with Crippen LogP contribution in [0.2, 0.25) is 0 Å². The van der Waals surface area contributed by atoms with Gasteiger partial charge >= 0.3 is 6.09 Å². The van der Waals surface area contributed by atoms with E-state index in [1.807, 2.05) is 0 Å². The number of aliphatic hydroxyl groups is 1. The van der Waals surface area contributed by atoms with Crippen LogP contribution in [0.5, 0.6) is 0 Å². The number of carboxylic acid groups (broad SMARTS) is 1. The first-order valence-corrected chi connectivity index (χ1v) is 3.94. The molecule has 5 heteroatoms. The fraction of sp³-hybridized carbons (Fsp3) is 0.857. The van der Waals surface area contributed by atoms with Crippen LogP contribution in [0.1, 0.15) is 6.42 Å². The summed E-state index contributed by atoms with van der Waals surface area (Å²) in [6.45, 7) is 1.18. The van der Waals surface area contributed by atoms with Crippen molar-refractivity contribution in [1.29, 1.82) is 0 Å². The summed E-state index contributed by atoms with van der Waals surface area (Å²) >= 11 is 0. The molecule has 1 heterocycles. The van der Waals surface area contributed by atoms with Crippen LogP contribution >= 0.6 is 0 Å². The van der Waals surface area contributed by atoms with Gasteiger partial charge in [0, 0.05) is 13.1 Å². The quantitative estimate of drug-likeness (QED) is 0.576. The van der Waals surface area contributed by atoms with Gasteiger partial charge in [-0.2, -0.15) is 0 Å². The average molecular weight is 175 g/mol. The Hall–Kier alpha value is -0.810. The van der Waals surface area contributed by atoms with Crippen molar-refractivity contribution in [3.05, 3.63) is 0 Å². The molecule has 0 bridgehead atoms. The maximum atomic E-state index is 10.5. The maximum Gasteiger partial charge on any atom is 0.407 e. The summed E-state index contributed by atoms with van der Waals surface area (Å²) in [4.78, 5) is 11.8. The van der Waals surface area contributed by atoms with Crippen molar-refractivity contribution >= 4 is 6.09 Å². The Balaban J connectivity index is 2.39. The molecule has 1 atom stereocenters. The van der Waals surface area contributed by atoms with E-state index >= 15 is 0 Å². The minimum atomic E-state index is -0.919. The lowest BCUT2D eigenvalue weighted by molar-refractivity contribution is 0.0210. The van der Waals surface area contributed by atoms with Gasteiger partial charge in [0.2, 0.25) is 0 Å². The van der Waals surface area contributed by atoms with Crippen LogP contribution in [0.3, 0.4) is 0 Å². The molecule has 1 fully saturated rings. The van der Waals surface area contributed by atoms with E-state index in [-0.39, 0.29) is 12.7 Å². The van der Waals surface area contributed by atoms with Gasteiger partial charge in [0.05, 0.1) is 19.3 Å². The second-order valence-corrected chi connectivity index (χ2v) is 2.73. The topological polar surface area (TPSA) is 70.0 Å². The molecule has 1 aliphatic rings. The molecular weight excluding hydrogens is 162 g/mol. The van der Waals surface area contributed by atoms with Gasteiger partial charge in [-0.25, -0.2) is 4.79 Å². The molecule has 1 aliphatic heterocycles. The fourth-order valence-corrected chi connectivity index (χ4v) is 1.16. The number of hydrogen-bond acceptors (Lipinski definition) is 3. The molecule has 0 spiro atoms. The summed E-state index contributed by atoms with van der Waals surface area (Å²) in [5, 5.41) is 17.4. The maximum absolute atomic E-state index is 10.5. The Morgan fingerprint density at radius 3 is 2.92 bits per heavy atom. The van der Waals surface area contributed by atoms with Crippen LogP contribution in [0.15, 0.2) is 0 Å². The van der Waals surface area contributed by atoms with Gasteiger partial charge in [-0.05, 0) is 6.42 Å². The van der Waals surface area contributed by atoms with Gasteiger partial charge in [0.15, 0.2) is 0 Å². The first-order valence-electron chi connectivity index (χ1n) is 3.94. The zero-order chi connectivity index (χ0) is 8.97. The van der Waals surface area contributed by atoms with E-state index in [1.165, 1.54) is 4.90 Å². The Morgan fingerprint density at radius 2 is 2.33 bits per heavy atom. The molecule has 0 saturated carbocycles. The van der Waals surface area contributed by atoms with Crippen LogP contribution in [-0.4, -0.2) is 53.6 Å². The molecule has 5 nitrogen and oxygen atoms in total. The van der Waals surface area contributed by atoms with E-state index < -0.39 is 6.09 Å². The molecule has 0 unspecified atom stereocenters. The predicted molar refractivity (Wildman–Crippen MR) is 41.0 cm³/mol. The van der Waals surface area contributed by atoms with E-state index in [0.29, 0.717) is 26.1 Å². The number of ether oxygens (including phenoxy) is 1. The van der Waals surface area contributed by atoms with E-state index in [1.54, 1.807) is 0 Å². The average Bonchev–Trinajstić information content (AvgIpc) is 2.28. The third-order valence-corrected chi connectivity index (χ3v) is 1.91. The first-order chi connectivity index (χ1) is 5.74. The summed E-state index contributed by atoms with van der Waals surface area (Å²) in [5.41, 5.74) is 0. The molecule has 0 aromatic heterocycles. The van der Waals surface area contributed by atoms with Crippen LogP contribution in [0.25, 0.3) is 0 Å². The van der Waals surface area contributed by atoms with E-state index in [4.69, 9.17) is 14.9 Å². The van der Waals surface area contributed by atoms with Crippen LogP contribution < -0.4 is 0 Å². The van der Waals surface area contributed by atoms with Crippen molar-refractivity contribution in [3.8, 4) is 0 Å². The summed E-state index contributed by atoms with van der Waals surface area (Å²) in [6, 6.07) is 0. The molecule has 2 N–H and O–H groups in total. The van der Waals surface area contributed by atoms with Crippen molar-refractivity contribution in [2.24, 2.45) is 0 Å². The number of rotatable bonds is 1. The van der Waals surface area contributed by atoms with E-state index in [9.17, 15) is 4.79 Å². The standard InChI is InChI=1S/C7H13NO4/c9-5-6-1-2-8(7(10)11)3-4-12-6/h6,9H,1-5H2,(H,10,11)/t6-/m0/s1. The molecule has 0 aromatic carbocycles. The minimum absolute atomic E-state index is 0.0343. The normalized spacial score (nSPS) is 25.1. The summed E-state index contributed by atoms with van der Waals surface area (Å²) < 4.78 is 5.18. The lowest BCUT2D eigenvalue weighted by atomic mass is 10.2. The zero-order valence-corrected chi connectivity index (χ0v) is 6.77. The Labute approximate surface area is 70.5 Å². The van der Waals surface area contributed by atoms with Crippen molar-refractivity contribution < 1.29 is 19.7 Å². The second kappa shape index (κ2) is 4.27. The van der Waals surface area contributed by atoms with Gasteiger partial charge in [-0.15, -0.1) is 0 Å². The number of nitrogens with zero attached hydrogens (tertiary/aromatic N) is 1. The number of hydrogen-bond donors (Lipinski definition) is 2. The molecule has 0 aliphatic carbocycles. The van der Waals surface area contributed by atoms with Gasteiger partial charge in [-0.3, -0.25) is 0 Å². The fourth-order valence-electron chi connectivity index (χ4n) is 1.16. The molecule has 12 heavy (non-hydrogen) atoms. The molecule has 1 amide bonds. The van der Waals surface area contributed by atoms with Crippen molar-refractivity contribution in [1.82, 2.24) is 4.90 Å². The van der Waals surface area contributed by atoms with E-state index in [2.05, 4.69) is 0 Å². The molecule has 1 saturated heterocycles. The smallest absolute Gasteiger partial charge is 0.407 e. The highest BCUT2D eigenvalue weighted by molar-refractivity contribution is 5.64. The number of aliphatic hydroxyl groups excluding tert-OH is 1. The van der Waals surface area contributed by atoms with Crippen LogP contribution in [0, 0.1) is 0 Å². The zero-order valence-electron chi connectivity index (χ0n) is 6.77. The number of carbonyl (C=O) groups is 1. The highest BCUT2D eigenvalue weighted by Gasteiger charge is 2.19. The molecule has 0 radical (unpaired) electrons. The lowest BCUT2D eigenvalue weighted by Crippen LogP contribution is -2.31. The third-order valence-electron chi connectivity index (χ3n) is 1.91. The van der Waals surface area contributed by atoms with Crippen LogP contribution in [-0.2, 0) is 4.74 Å². The highest BCUT2D eigenvalue weighted by atomic mass is 16.5. The Bertz CT molecular complexity index is 161. The second-order valence-electron chi connectivity index (χ2n) is 2.73. The van der Waals surface area contributed by atoms with Crippen molar-refractivity contribution in [2.75, 3.05) is 26.3 Å². The van der Waals surface area contributed by atoms with Gasteiger partial charge in [0.25, 0.3) is 0 Å². The molecule has 70 valence electrons. The first kappa shape index (κ1) is 9.28. The monoisotopic (exact) mass is 175 g/mol. The van der Waals surface area contributed by atoms with Gasteiger partial charge in [-0.1, -0.05) is 0 Å². The number of amides is 1. The Kier molecular flexibility index (Phi) is 3.31. The lowest BCUT2D eigenvalue weighted by Gasteiger charge is -2.14. The molecule has 0 aromatic rings. The Morgan fingerprint density at radius 1 is 1.58 bits per heavy atom. The minimum Gasteiger partial charge on any atom is -0.465 e. The largest absolute Gasteiger partial charge is 0.465 e. The van der Waals surface area contributed by atoms with Crippen molar-refractivity contribution in [3.63, 3.8) is 0 Å². The highest BCUT2D eigenvalue weighted by Crippen LogP contribution is 2.05. The summed E-state index contributed by atoms with van der Waals surface area (Å²) in [6.07, 6.45) is -0.547. The predicted octanol–water partition coefficient (Wildman–Crippen LogP) is -0.252. The van der Waals surface area contributed by atoms with E-state index in [0.717, 1.165) is 0 Å². The molecular formula is C7H13NO4. The van der Waals surface area contributed by atoms with Crippen LogP contribution in [0.4, 0.5) is 4.79 Å². The van der Waals surface area contributed by atoms with Gasteiger partial charge < -0.3 is 19.8 Å². The summed E-state index contributed by atoms with van der Waals surface area (Å²) in [7, 11) is 0. The third kappa shape index (κ3) is 2.35. The summed E-state index contributed by atoms with van der Waals surface area (Å²) in [5.74, 6) is 0. The van der Waals surface area contributed by atoms with Gasteiger partial charge in [0.1, 0.15) is 0 Å². The SMILES string of the molecule is O=C(O)N1CCO[C@H](CO)CC1.